The zero-order chi connectivity index (χ0) is 16.7. The summed E-state index contributed by atoms with van der Waals surface area (Å²) < 4.78 is 10.9. The molecule has 0 radical (unpaired) electrons. The first-order chi connectivity index (χ1) is 11.1. The van der Waals surface area contributed by atoms with Crippen LogP contribution in [0.25, 0.3) is 0 Å². The lowest BCUT2D eigenvalue weighted by atomic mass is 10.1. The minimum Gasteiger partial charge on any atom is -0.495 e. The smallest absolute Gasteiger partial charge is 0.193 e. The molecule has 0 aliphatic rings. The Kier molecular flexibility index (Phi) is 5.86. The number of methoxy groups -OCH3 is 1. The van der Waals surface area contributed by atoms with Crippen LogP contribution >= 0.6 is 0 Å². The number of nitrogens with zero attached hydrogens (tertiary/aromatic N) is 1. The summed E-state index contributed by atoms with van der Waals surface area (Å²) in [6, 6.07) is 13.6. The molecule has 2 aromatic rings. The second-order valence-electron chi connectivity index (χ2n) is 5.07. The first-order valence-corrected chi connectivity index (χ1v) is 7.56. The Morgan fingerprint density at radius 2 is 1.96 bits per heavy atom. The van der Waals surface area contributed by atoms with Crippen molar-refractivity contribution in [3.05, 3.63) is 53.6 Å². The van der Waals surface area contributed by atoms with E-state index in [1.54, 1.807) is 7.11 Å². The minimum atomic E-state index is 0.331. The predicted molar refractivity (Wildman–Crippen MR) is 94.3 cm³/mol. The molecule has 3 N–H and O–H groups in total. The Morgan fingerprint density at radius 3 is 2.70 bits per heavy atom. The van der Waals surface area contributed by atoms with Gasteiger partial charge in [-0.3, -0.25) is 0 Å². The molecule has 2 aromatic carbocycles. The highest BCUT2D eigenvalue weighted by Gasteiger charge is 2.05. The molecule has 0 spiro atoms. The molecular weight excluding hydrogens is 290 g/mol. The maximum atomic E-state index is 5.97. The Balaban J connectivity index is 2.10. The van der Waals surface area contributed by atoms with Crippen LogP contribution in [0.15, 0.2) is 47.5 Å². The summed E-state index contributed by atoms with van der Waals surface area (Å²) in [7, 11) is 1.62. The summed E-state index contributed by atoms with van der Waals surface area (Å²) in [5, 5.41) is 3.06. The van der Waals surface area contributed by atoms with Crippen molar-refractivity contribution in [1.29, 1.82) is 0 Å². The Labute approximate surface area is 137 Å². The molecule has 0 saturated carbocycles. The van der Waals surface area contributed by atoms with Crippen LogP contribution in [0.4, 0.5) is 5.69 Å². The molecule has 0 heterocycles. The highest BCUT2D eigenvalue weighted by molar-refractivity contribution is 5.93. The highest BCUT2D eigenvalue weighted by Crippen LogP contribution is 2.23. The molecule has 0 saturated heterocycles. The van der Waals surface area contributed by atoms with Crippen LogP contribution in [-0.4, -0.2) is 19.7 Å². The van der Waals surface area contributed by atoms with Crippen molar-refractivity contribution in [1.82, 2.24) is 0 Å². The standard InChI is InChI=1S/C18H23N3O2/c1-4-23-17-11-13(2)9-10-14(17)12-20-18(19)21-15-7-5-6-8-16(15)22-3/h5-11H,4,12H2,1-3H3,(H3,19,20,21). The van der Waals surface area contributed by atoms with E-state index in [1.165, 1.54) is 0 Å². The number of ether oxygens (including phenoxy) is 2. The molecule has 0 aliphatic heterocycles. The second-order valence-corrected chi connectivity index (χ2v) is 5.07. The van der Waals surface area contributed by atoms with Gasteiger partial charge in [0.25, 0.3) is 0 Å². The van der Waals surface area contributed by atoms with Crippen molar-refractivity contribution in [3.8, 4) is 11.5 Å². The average Bonchev–Trinajstić information content (AvgIpc) is 2.55. The Bertz CT molecular complexity index is 684. The van der Waals surface area contributed by atoms with Gasteiger partial charge in [-0.15, -0.1) is 0 Å². The van der Waals surface area contributed by atoms with Gasteiger partial charge in [-0.25, -0.2) is 4.99 Å². The van der Waals surface area contributed by atoms with Crippen molar-refractivity contribution < 1.29 is 9.47 Å². The van der Waals surface area contributed by atoms with Crippen molar-refractivity contribution in [2.24, 2.45) is 10.7 Å². The number of hydrogen-bond donors (Lipinski definition) is 2. The predicted octanol–water partition coefficient (Wildman–Crippen LogP) is 3.33. The van der Waals surface area contributed by atoms with Crippen LogP contribution < -0.4 is 20.5 Å². The van der Waals surface area contributed by atoms with Gasteiger partial charge in [0.15, 0.2) is 5.96 Å². The number of nitrogens with one attached hydrogen (secondary N) is 1. The van der Waals surface area contributed by atoms with E-state index in [-0.39, 0.29) is 0 Å². The monoisotopic (exact) mass is 313 g/mol. The summed E-state index contributed by atoms with van der Waals surface area (Å²) in [6.07, 6.45) is 0. The van der Waals surface area contributed by atoms with E-state index < -0.39 is 0 Å². The van der Waals surface area contributed by atoms with Crippen molar-refractivity contribution in [3.63, 3.8) is 0 Å². The van der Waals surface area contributed by atoms with Gasteiger partial charge < -0.3 is 20.5 Å². The molecule has 0 unspecified atom stereocenters. The van der Waals surface area contributed by atoms with Crippen molar-refractivity contribution >= 4 is 11.6 Å². The molecule has 0 aliphatic carbocycles. The molecule has 5 heteroatoms. The normalized spacial score (nSPS) is 11.2. The number of rotatable bonds is 6. The fraction of sp³-hybridized carbons (Fsp3) is 0.278. The van der Waals surface area contributed by atoms with E-state index >= 15 is 0 Å². The highest BCUT2D eigenvalue weighted by atomic mass is 16.5. The third-order valence-electron chi connectivity index (χ3n) is 3.31. The number of para-hydroxylation sites is 2. The molecular formula is C18H23N3O2. The summed E-state index contributed by atoms with van der Waals surface area (Å²) in [6.45, 7) is 5.07. The van der Waals surface area contributed by atoms with E-state index in [2.05, 4.69) is 10.3 Å². The summed E-state index contributed by atoms with van der Waals surface area (Å²) in [5.41, 5.74) is 8.91. The van der Waals surface area contributed by atoms with Crippen LogP contribution in [0.2, 0.25) is 0 Å². The van der Waals surface area contributed by atoms with E-state index in [9.17, 15) is 0 Å². The zero-order valence-corrected chi connectivity index (χ0v) is 13.8. The lowest BCUT2D eigenvalue weighted by molar-refractivity contribution is 0.336. The fourth-order valence-corrected chi connectivity index (χ4v) is 2.18. The molecule has 0 fully saturated rings. The Hall–Kier alpha value is -2.69. The quantitative estimate of drug-likeness (QED) is 0.634. The minimum absolute atomic E-state index is 0.331. The van der Waals surface area contributed by atoms with Crippen LogP contribution in [0, 0.1) is 6.92 Å². The van der Waals surface area contributed by atoms with Gasteiger partial charge in [0.05, 0.1) is 25.9 Å². The zero-order valence-electron chi connectivity index (χ0n) is 13.8. The number of hydrogen-bond acceptors (Lipinski definition) is 3. The number of aryl methyl sites for hydroxylation is 1. The SMILES string of the molecule is CCOc1cc(C)ccc1CN=C(N)Nc1ccccc1OC. The van der Waals surface area contributed by atoms with Gasteiger partial charge in [-0.1, -0.05) is 24.3 Å². The lowest BCUT2D eigenvalue weighted by Gasteiger charge is -2.11. The third kappa shape index (κ3) is 4.64. The topological polar surface area (TPSA) is 68.9 Å². The summed E-state index contributed by atoms with van der Waals surface area (Å²) in [5.74, 6) is 1.90. The van der Waals surface area contributed by atoms with E-state index in [0.29, 0.717) is 19.1 Å². The number of anilines is 1. The average molecular weight is 313 g/mol. The fourth-order valence-electron chi connectivity index (χ4n) is 2.18. The van der Waals surface area contributed by atoms with Crippen molar-refractivity contribution in [2.45, 2.75) is 20.4 Å². The van der Waals surface area contributed by atoms with E-state index in [0.717, 1.165) is 28.3 Å². The molecule has 122 valence electrons. The number of nitrogens with two attached hydrogens (primary N) is 1. The molecule has 5 nitrogen and oxygen atoms in total. The number of benzene rings is 2. The molecule has 0 atom stereocenters. The van der Waals surface area contributed by atoms with Crippen LogP contribution in [0.1, 0.15) is 18.1 Å². The van der Waals surface area contributed by atoms with Gasteiger partial charge in [-0.2, -0.15) is 0 Å². The second kappa shape index (κ2) is 8.08. The molecule has 2 rings (SSSR count). The van der Waals surface area contributed by atoms with Crippen LogP contribution in [-0.2, 0) is 6.54 Å². The number of guanidine groups is 1. The van der Waals surface area contributed by atoms with Crippen LogP contribution in [0.3, 0.4) is 0 Å². The summed E-state index contributed by atoms with van der Waals surface area (Å²) in [4.78, 5) is 4.39. The van der Waals surface area contributed by atoms with Gasteiger partial charge in [0.2, 0.25) is 0 Å². The Morgan fingerprint density at radius 1 is 1.17 bits per heavy atom. The van der Waals surface area contributed by atoms with Crippen LogP contribution in [0.5, 0.6) is 11.5 Å². The molecule has 23 heavy (non-hydrogen) atoms. The molecule has 0 amide bonds. The van der Waals surface area contributed by atoms with E-state index in [4.69, 9.17) is 15.2 Å². The first-order valence-electron chi connectivity index (χ1n) is 7.56. The summed E-state index contributed by atoms with van der Waals surface area (Å²) >= 11 is 0. The number of aliphatic imine (C=N–C) groups is 1. The van der Waals surface area contributed by atoms with Gasteiger partial charge in [-0.05, 0) is 37.6 Å². The van der Waals surface area contributed by atoms with Crippen molar-refractivity contribution in [2.75, 3.05) is 19.0 Å². The van der Waals surface area contributed by atoms with E-state index in [1.807, 2.05) is 56.3 Å². The van der Waals surface area contributed by atoms with Gasteiger partial charge >= 0.3 is 0 Å². The molecule has 0 aromatic heterocycles. The first kappa shape index (κ1) is 16.7. The maximum absolute atomic E-state index is 5.97. The lowest BCUT2D eigenvalue weighted by Crippen LogP contribution is -2.23. The molecule has 0 bridgehead atoms. The largest absolute Gasteiger partial charge is 0.495 e. The van der Waals surface area contributed by atoms with Gasteiger partial charge in [0, 0.05) is 5.56 Å². The third-order valence-corrected chi connectivity index (χ3v) is 3.31. The maximum Gasteiger partial charge on any atom is 0.193 e. The van der Waals surface area contributed by atoms with Gasteiger partial charge in [0.1, 0.15) is 11.5 Å².